The molecule has 8 heteroatoms. The van der Waals surface area contributed by atoms with Crippen molar-refractivity contribution in [3.05, 3.63) is 57.1 Å². The first-order valence-corrected chi connectivity index (χ1v) is 9.31. The van der Waals surface area contributed by atoms with Crippen molar-refractivity contribution in [3.8, 4) is 0 Å². The summed E-state index contributed by atoms with van der Waals surface area (Å²) in [6.45, 7) is 0.461. The lowest BCUT2D eigenvalue weighted by atomic mass is 10.1. The molecule has 2 aromatic heterocycles. The molecule has 0 bridgehead atoms. The summed E-state index contributed by atoms with van der Waals surface area (Å²) in [5.74, 6) is -0.474. The van der Waals surface area contributed by atoms with E-state index < -0.39 is 6.10 Å². The van der Waals surface area contributed by atoms with Gasteiger partial charge in [0.05, 0.1) is 9.21 Å². The molecule has 1 aliphatic heterocycles. The molecule has 0 saturated heterocycles. The summed E-state index contributed by atoms with van der Waals surface area (Å²) >= 11 is 7.34. The Morgan fingerprint density at radius 2 is 2.31 bits per heavy atom. The van der Waals surface area contributed by atoms with Crippen molar-refractivity contribution in [2.24, 2.45) is 5.16 Å². The zero-order valence-corrected chi connectivity index (χ0v) is 15.2. The number of halogens is 2. The number of aromatic amines is 1. The molecule has 1 amide bonds. The van der Waals surface area contributed by atoms with Gasteiger partial charge in [-0.25, -0.2) is 4.39 Å². The molecule has 3 aromatic rings. The molecule has 1 aliphatic rings. The molecule has 0 aliphatic carbocycles. The van der Waals surface area contributed by atoms with Gasteiger partial charge in [0.25, 0.3) is 5.91 Å². The van der Waals surface area contributed by atoms with E-state index >= 15 is 0 Å². The number of fused-ring (bicyclic) bond motifs is 1. The van der Waals surface area contributed by atoms with E-state index in [1.165, 1.54) is 23.5 Å². The molecule has 134 valence electrons. The molecule has 0 radical (unpaired) electrons. The fraction of sp³-hybridized carbons (Fsp3) is 0.222. The van der Waals surface area contributed by atoms with E-state index in [0.717, 1.165) is 27.1 Å². The number of H-pyrrole nitrogens is 1. The summed E-state index contributed by atoms with van der Waals surface area (Å²) in [7, 11) is 0. The van der Waals surface area contributed by atoms with Crippen LogP contribution in [0.2, 0.25) is 4.34 Å². The van der Waals surface area contributed by atoms with Gasteiger partial charge in [0.1, 0.15) is 11.5 Å². The van der Waals surface area contributed by atoms with E-state index in [1.807, 2.05) is 12.3 Å². The summed E-state index contributed by atoms with van der Waals surface area (Å²) in [4.78, 5) is 21.5. The number of nitrogens with one attached hydrogen (secondary N) is 2. The highest BCUT2D eigenvalue weighted by molar-refractivity contribution is 7.18. The van der Waals surface area contributed by atoms with Crippen LogP contribution in [0.5, 0.6) is 0 Å². The van der Waals surface area contributed by atoms with Crippen molar-refractivity contribution in [2.75, 3.05) is 6.54 Å². The lowest BCUT2D eigenvalue weighted by Crippen LogP contribution is -2.35. The Morgan fingerprint density at radius 1 is 1.42 bits per heavy atom. The lowest BCUT2D eigenvalue weighted by molar-refractivity contribution is -0.131. The van der Waals surface area contributed by atoms with Gasteiger partial charge in [0.2, 0.25) is 6.10 Å². The average Bonchev–Trinajstić information content (AvgIpc) is 3.34. The molecular formula is C18H15ClFN3O2S. The Balaban J connectivity index is 1.30. The zero-order chi connectivity index (χ0) is 18.1. The van der Waals surface area contributed by atoms with Gasteiger partial charge >= 0.3 is 0 Å². The van der Waals surface area contributed by atoms with E-state index in [-0.39, 0.29) is 11.7 Å². The molecular weight excluding hydrogens is 377 g/mol. The van der Waals surface area contributed by atoms with Gasteiger partial charge in [0.15, 0.2) is 0 Å². The van der Waals surface area contributed by atoms with E-state index in [2.05, 4.69) is 15.5 Å². The predicted octanol–water partition coefficient (Wildman–Crippen LogP) is 3.87. The van der Waals surface area contributed by atoms with Crippen LogP contribution in [0.25, 0.3) is 10.9 Å². The van der Waals surface area contributed by atoms with Crippen molar-refractivity contribution in [3.63, 3.8) is 0 Å². The van der Waals surface area contributed by atoms with Crippen LogP contribution >= 0.6 is 22.9 Å². The highest BCUT2D eigenvalue weighted by Crippen LogP contribution is 2.26. The lowest BCUT2D eigenvalue weighted by Gasteiger charge is -2.09. The topological polar surface area (TPSA) is 66.5 Å². The van der Waals surface area contributed by atoms with E-state index in [0.29, 0.717) is 23.7 Å². The van der Waals surface area contributed by atoms with Crippen LogP contribution in [0.1, 0.15) is 16.9 Å². The third-order valence-electron chi connectivity index (χ3n) is 4.24. The number of amides is 1. The summed E-state index contributed by atoms with van der Waals surface area (Å²) in [6, 6.07) is 8.30. The Hall–Kier alpha value is -2.38. The molecule has 26 heavy (non-hydrogen) atoms. The Labute approximate surface area is 157 Å². The van der Waals surface area contributed by atoms with Gasteiger partial charge in [-0.3, -0.25) is 4.79 Å². The first-order chi connectivity index (χ1) is 12.6. The first kappa shape index (κ1) is 17.1. The minimum Gasteiger partial charge on any atom is -0.382 e. The molecule has 0 fully saturated rings. The normalized spacial score (nSPS) is 16.5. The van der Waals surface area contributed by atoms with Gasteiger partial charge in [-0.1, -0.05) is 16.8 Å². The molecule has 3 heterocycles. The maximum Gasteiger partial charge on any atom is 0.264 e. The number of oxime groups is 1. The molecule has 1 aromatic carbocycles. The number of nitrogens with zero attached hydrogens (tertiary/aromatic N) is 1. The monoisotopic (exact) mass is 391 g/mol. The van der Waals surface area contributed by atoms with Crippen LogP contribution in [-0.2, 0) is 16.1 Å². The number of rotatable bonds is 5. The molecule has 0 unspecified atom stereocenters. The minimum absolute atomic E-state index is 0.197. The molecule has 0 saturated carbocycles. The van der Waals surface area contributed by atoms with Crippen molar-refractivity contribution in [1.82, 2.24) is 10.3 Å². The maximum absolute atomic E-state index is 13.2. The molecule has 5 nitrogen and oxygen atoms in total. The number of hydrogen-bond acceptors (Lipinski definition) is 4. The number of thiophene rings is 1. The smallest absolute Gasteiger partial charge is 0.264 e. The Bertz CT molecular complexity index is 997. The van der Waals surface area contributed by atoms with Crippen LogP contribution in [0.3, 0.4) is 0 Å². The summed E-state index contributed by atoms with van der Waals surface area (Å²) in [5, 5.41) is 7.82. The number of carbonyl (C=O) groups is 1. The number of aromatic nitrogens is 1. The van der Waals surface area contributed by atoms with E-state index in [9.17, 15) is 9.18 Å². The second kappa shape index (κ2) is 7.09. The maximum atomic E-state index is 13.2. The summed E-state index contributed by atoms with van der Waals surface area (Å²) < 4.78 is 13.9. The minimum atomic E-state index is -0.622. The number of hydrogen-bond donors (Lipinski definition) is 2. The van der Waals surface area contributed by atoms with E-state index in [1.54, 1.807) is 12.1 Å². The van der Waals surface area contributed by atoms with E-state index in [4.69, 9.17) is 16.4 Å². The third kappa shape index (κ3) is 3.45. The van der Waals surface area contributed by atoms with Gasteiger partial charge in [0, 0.05) is 30.1 Å². The van der Waals surface area contributed by atoms with Crippen molar-refractivity contribution in [1.29, 1.82) is 0 Å². The van der Waals surface area contributed by atoms with Gasteiger partial charge in [-0.05, 0) is 42.3 Å². The molecule has 0 spiro atoms. The number of benzene rings is 1. The van der Waals surface area contributed by atoms with Crippen molar-refractivity contribution in [2.45, 2.75) is 18.9 Å². The SMILES string of the molecule is O=C(NCCc1c[nH]c2cc(F)ccc12)[C@H]1CC(c2ccc(Cl)s2)=NO1. The van der Waals surface area contributed by atoms with Crippen LogP contribution in [0.4, 0.5) is 4.39 Å². The average molecular weight is 392 g/mol. The second-order valence-corrected chi connectivity index (χ2v) is 7.70. The number of carbonyl (C=O) groups excluding carboxylic acids is 1. The van der Waals surface area contributed by atoms with Gasteiger partial charge < -0.3 is 15.1 Å². The molecule has 4 rings (SSSR count). The fourth-order valence-corrected chi connectivity index (χ4v) is 3.97. The van der Waals surface area contributed by atoms with Crippen LogP contribution in [0.15, 0.2) is 41.7 Å². The largest absolute Gasteiger partial charge is 0.382 e. The van der Waals surface area contributed by atoms with Gasteiger partial charge in [-0.2, -0.15) is 0 Å². The Morgan fingerprint density at radius 3 is 3.12 bits per heavy atom. The summed E-state index contributed by atoms with van der Waals surface area (Å²) in [6.07, 6.45) is 2.28. The van der Waals surface area contributed by atoms with Crippen molar-refractivity contribution < 1.29 is 14.0 Å². The Kier molecular flexibility index (Phi) is 4.65. The zero-order valence-electron chi connectivity index (χ0n) is 13.6. The van der Waals surface area contributed by atoms with Gasteiger partial charge in [-0.15, -0.1) is 11.3 Å². The standard InChI is InChI=1S/C18H15ClFN3O2S/c19-17-4-3-16(26-17)14-8-15(25-23-14)18(24)21-6-5-10-9-22-13-7-11(20)1-2-12(10)13/h1-4,7,9,15,22H,5-6,8H2,(H,21,24)/t15-/m1/s1. The first-order valence-electron chi connectivity index (χ1n) is 8.12. The highest BCUT2D eigenvalue weighted by atomic mass is 35.5. The second-order valence-electron chi connectivity index (χ2n) is 5.98. The third-order valence-corrected chi connectivity index (χ3v) is 5.52. The summed E-state index contributed by atoms with van der Waals surface area (Å²) in [5.41, 5.74) is 2.51. The fourth-order valence-electron chi connectivity index (χ4n) is 2.93. The highest BCUT2D eigenvalue weighted by Gasteiger charge is 2.29. The predicted molar refractivity (Wildman–Crippen MR) is 100 cm³/mol. The molecule has 2 N–H and O–H groups in total. The van der Waals surface area contributed by atoms with Crippen LogP contribution in [0, 0.1) is 5.82 Å². The van der Waals surface area contributed by atoms with Crippen LogP contribution < -0.4 is 5.32 Å². The van der Waals surface area contributed by atoms with Crippen molar-refractivity contribution >= 4 is 45.5 Å². The quantitative estimate of drug-likeness (QED) is 0.693. The molecule has 1 atom stereocenters. The van der Waals surface area contributed by atoms with Crippen LogP contribution in [-0.4, -0.2) is 29.3 Å².